The SMILES string of the molecule is Cc1ccc2c(O)c3c(c(O)c2c1)C(=O)N(c1ccccc1)C3=O. The molecule has 24 heavy (non-hydrogen) atoms. The Bertz CT molecular complexity index is 1020. The first-order valence-corrected chi connectivity index (χ1v) is 7.42. The number of nitrogens with zero attached hydrogens (tertiary/aromatic N) is 1. The number of carbonyl (C=O) groups is 2. The summed E-state index contributed by atoms with van der Waals surface area (Å²) < 4.78 is 0. The molecule has 1 aliphatic heterocycles. The highest BCUT2D eigenvalue weighted by molar-refractivity contribution is 6.37. The summed E-state index contributed by atoms with van der Waals surface area (Å²) in [7, 11) is 0. The Labute approximate surface area is 137 Å². The first-order chi connectivity index (χ1) is 11.5. The quantitative estimate of drug-likeness (QED) is 0.532. The number of carbonyl (C=O) groups excluding carboxylic acids is 2. The van der Waals surface area contributed by atoms with Crippen LogP contribution in [0.2, 0.25) is 0 Å². The van der Waals surface area contributed by atoms with E-state index in [4.69, 9.17) is 0 Å². The molecule has 2 amide bonds. The lowest BCUT2D eigenvalue weighted by Crippen LogP contribution is -2.29. The molecule has 0 unspecified atom stereocenters. The number of fused-ring (bicyclic) bond motifs is 2. The van der Waals surface area contributed by atoms with Gasteiger partial charge in [-0.2, -0.15) is 0 Å². The Balaban J connectivity index is 2.04. The molecule has 2 N–H and O–H groups in total. The fourth-order valence-electron chi connectivity index (χ4n) is 3.11. The second-order valence-electron chi connectivity index (χ2n) is 5.78. The van der Waals surface area contributed by atoms with Crippen LogP contribution in [-0.4, -0.2) is 22.0 Å². The van der Waals surface area contributed by atoms with Crippen LogP contribution in [0.5, 0.6) is 11.5 Å². The monoisotopic (exact) mass is 319 g/mol. The van der Waals surface area contributed by atoms with Crippen LogP contribution in [0.15, 0.2) is 48.5 Å². The van der Waals surface area contributed by atoms with Crippen molar-refractivity contribution in [1.29, 1.82) is 0 Å². The lowest BCUT2D eigenvalue weighted by Gasteiger charge is -2.13. The highest BCUT2D eigenvalue weighted by atomic mass is 16.3. The molecule has 5 heteroatoms. The summed E-state index contributed by atoms with van der Waals surface area (Å²) in [6.45, 7) is 1.84. The van der Waals surface area contributed by atoms with Gasteiger partial charge in [-0.05, 0) is 25.1 Å². The number of benzene rings is 3. The fourth-order valence-corrected chi connectivity index (χ4v) is 3.11. The molecule has 5 nitrogen and oxygen atoms in total. The van der Waals surface area contributed by atoms with Gasteiger partial charge in [0.1, 0.15) is 11.5 Å². The third-order valence-electron chi connectivity index (χ3n) is 4.26. The van der Waals surface area contributed by atoms with E-state index in [1.54, 1.807) is 48.5 Å². The predicted molar refractivity (Wildman–Crippen MR) is 89.6 cm³/mol. The zero-order valence-electron chi connectivity index (χ0n) is 12.8. The van der Waals surface area contributed by atoms with Crippen LogP contribution in [0.25, 0.3) is 10.8 Å². The van der Waals surface area contributed by atoms with Gasteiger partial charge in [0.15, 0.2) is 0 Å². The van der Waals surface area contributed by atoms with Crippen molar-refractivity contribution in [3.63, 3.8) is 0 Å². The average Bonchev–Trinajstić information content (AvgIpc) is 2.84. The summed E-state index contributed by atoms with van der Waals surface area (Å²) in [5.41, 5.74) is 0.953. The maximum absolute atomic E-state index is 12.7. The molecule has 3 aromatic rings. The summed E-state index contributed by atoms with van der Waals surface area (Å²) in [5.74, 6) is -1.85. The van der Waals surface area contributed by atoms with E-state index in [0.717, 1.165) is 10.5 Å². The Morgan fingerprint density at radius 2 is 1.38 bits per heavy atom. The molecule has 0 radical (unpaired) electrons. The van der Waals surface area contributed by atoms with Crippen LogP contribution >= 0.6 is 0 Å². The molecule has 0 fully saturated rings. The predicted octanol–water partition coefficient (Wildman–Crippen LogP) is 3.36. The summed E-state index contributed by atoms with van der Waals surface area (Å²) >= 11 is 0. The topological polar surface area (TPSA) is 77.8 Å². The molecule has 0 aromatic heterocycles. The zero-order valence-corrected chi connectivity index (χ0v) is 12.8. The maximum Gasteiger partial charge on any atom is 0.270 e. The van der Waals surface area contributed by atoms with Gasteiger partial charge in [0.2, 0.25) is 0 Å². The van der Waals surface area contributed by atoms with Crippen LogP contribution in [-0.2, 0) is 0 Å². The molecule has 1 aliphatic rings. The normalized spacial score (nSPS) is 13.6. The van der Waals surface area contributed by atoms with Gasteiger partial charge in [-0.15, -0.1) is 0 Å². The first-order valence-electron chi connectivity index (χ1n) is 7.42. The Morgan fingerprint density at radius 3 is 2.00 bits per heavy atom. The minimum absolute atomic E-state index is 0.153. The van der Waals surface area contributed by atoms with Crippen molar-refractivity contribution in [1.82, 2.24) is 0 Å². The number of hydrogen-bond donors (Lipinski definition) is 2. The van der Waals surface area contributed by atoms with E-state index >= 15 is 0 Å². The second kappa shape index (κ2) is 4.83. The molecule has 0 aliphatic carbocycles. The van der Waals surface area contributed by atoms with Crippen molar-refractivity contribution >= 4 is 28.3 Å². The molecule has 0 saturated heterocycles. The van der Waals surface area contributed by atoms with Crippen molar-refractivity contribution in [3.05, 3.63) is 65.2 Å². The van der Waals surface area contributed by atoms with E-state index < -0.39 is 11.8 Å². The summed E-state index contributed by atoms with van der Waals surface area (Å²) in [6, 6.07) is 13.5. The molecule has 0 spiro atoms. The van der Waals surface area contributed by atoms with Gasteiger partial charge in [-0.1, -0.05) is 35.9 Å². The molecule has 118 valence electrons. The number of hydrogen-bond acceptors (Lipinski definition) is 4. The lowest BCUT2D eigenvalue weighted by atomic mass is 9.98. The Kier molecular flexibility index (Phi) is 2.87. The smallest absolute Gasteiger partial charge is 0.270 e. The highest BCUT2D eigenvalue weighted by Gasteiger charge is 2.42. The number of phenolic OH excluding ortho intramolecular Hbond substituents is 2. The van der Waals surface area contributed by atoms with Crippen LogP contribution in [0.4, 0.5) is 5.69 Å². The molecule has 3 aromatic carbocycles. The van der Waals surface area contributed by atoms with Crippen LogP contribution in [0.1, 0.15) is 26.3 Å². The van der Waals surface area contributed by atoms with Crippen molar-refractivity contribution in [2.45, 2.75) is 6.92 Å². The molecule has 0 atom stereocenters. The van der Waals surface area contributed by atoms with Gasteiger partial charge >= 0.3 is 0 Å². The largest absolute Gasteiger partial charge is 0.506 e. The van der Waals surface area contributed by atoms with Gasteiger partial charge in [0.25, 0.3) is 11.8 Å². The molecule has 4 rings (SSSR count). The van der Waals surface area contributed by atoms with Crippen molar-refractivity contribution < 1.29 is 19.8 Å². The van der Waals surface area contributed by atoms with Gasteiger partial charge in [-0.25, -0.2) is 4.90 Å². The number of amides is 2. The van der Waals surface area contributed by atoms with E-state index in [1.165, 1.54) is 0 Å². The maximum atomic E-state index is 12.7. The Hall–Kier alpha value is -3.34. The molecular formula is C19H13NO4. The minimum Gasteiger partial charge on any atom is -0.506 e. The molecule has 1 heterocycles. The van der Waals surface area contributed by atoms with E-state index in [9.17, 15) is 19.8 Å². The number of aromatic hydroxyl groups is 2. The third-order valence-corrected chi connectivity index (χ3v) is 4.26. The second-order valence-corrected chi connectivity index (χ2v) is 5.78. The van der Waals surface area contributed by atoms with Crippen molar-refractivity contribution in [3.8, 4) is 11.5 Å². The third kappa shape index (κ3) is 1.75. The minimum atomic E-state index is -0.642. The Morgan fingerprint density at radius 1 is 0.792 bits per heavy atom. The number of rotatable bonds is 1. The van der Waals surface area contributed by atoms with E-state index in [-0.39, 0.29) is 22.6 Å². The molecule has 0 saturated carbocycles. The van der Waals surface area contributed by atoms with E-state index in [2.05, 4.69) is 0 Å². The van der Waals surface area contributed by atoms with Crippen LogP contribution in [0.3, 0.4) is 0 Å². The number of phenols is 2. The number of para-hydroxylation sites is 1. The zero-order chi connectivity index (χ0) is 17.0. The number of aryl methyl sites for hydroxylation is 1. The van der Waals surface area contributed by atoms with Crippen molar-refractivity contribution in [2.24, 2.45) is 0 Å². The highest BCUT2D eigenvalue weighted by Crippen LogP contribution is 2.44. The van der Waals surface area contributed by atoms with Gasteiger partial charge < -0.3 is 10.2 Å². The van der Waals surface area contributed by atoms with E-state index in [1.807, 2.05) is 6.92 Å². The van der Waals surface area contributed by atoms with E-state index in [0.29, 0.717) is 16.5 Å². The summed E-state index contributed by atoms with van der Waals surface area (Å²) in [6.07, 6.45) is 0. The van der Waals surface area contributed by atoms with Crippen LogP contribution < -0.4 is 4.90 Å². The molecular weight excluding hydrogens is 306 g/mol. The lowest BCUT2D eigenvalue weighted by molar-refractivity contribution is 0.0925. The number of anilines is 1. The van der Waals surface area contributed by atoms with Gasteiger partial charge in [-0.3, -0.25) is 9.59 Å². The van der Waals surface area contributed by atoms with Gasteiger partial charge in [0, 0.05) is 10.8 Å². The van der Waals surface area contributed by atoms with Gasteiger partial charge in [0.05, 0.1) is 16.8 Å². The van der Waals surface area contributed by atoms with Crippen LogP contribution in [0, 0.1) is 6.92 Å². The molecule has 0 bridgehead atoms. The summed E-state index contributed by atoms with van der Waals surface area (Å²) in [5, 5.41) is 21.8. The fraction of sp³-hybridized carbons (Fsp3) is 0.0526. The first kappa shape index (κ1) is 14.3. The number of imide groups is 1. The van der Waals surface area contributed by atoms with Crippen molar-refractivity contribution in [2.75, 3.05) is 4.90 Å². The standard InChI is InChI=1S/C19H13NO4/c1-10-7-8-12-13(9-10)17(22)15-14(16(12)21)18(23)20(19(15)24)11-5-3-2-4-6-11/h2-9,21-22H,1H3. The summed E-state index contributed by atoms with van der Waals surface area (Å²) in [4.78, 5) is 26.4. The average molecular weight is 319 g/mol.